The van der Waals surface area contributed by atoms with Crippen LogP contribution in [0.25, 0.3) is 5.57 Å². The summed E-state index contributed by atoms with van der Waals surface area (Å²) in [4.78, 5) is 8.10. The van der Waals surface area contributed by atoms with E-state index in [1.54, 1.807) is 6.33 Å². The monoisotopic (exact) mass is 190 g/mol. The lowest BCUT2D eigenvalue weighted by Crippen LogP contribution is -1.90. The molecule has 0 saturated heterocycles. The van der Waals surface area contributed by atoms with Gasteiger partial charge in [-0.05, 0) is 32.3 Å². The summed E-state index contributed by atoms with van der Waals surface area (Å²) in [7, 11) is 0. The van der Waals surface area contributed by atoms with Crippen molar-refractivity contribution >= 4 is 5.57 Å². The van der Waals surface area contributed by atoms with Crippen molar-refractivity contribution in [1.29, 1.82) is 0 Å². The summed E-state index contributed by atoms with van der Waals surface area (Å²) in [6.07, 6.45) is 8.95. The average Bonchev–Trinajstić information content (AvgIpc) is 2.19. The van der Waals surface area contributed by atoms with E-state index < -0.39 is 0 Å². The molecule has 1 heterocycles. The minimum Gasteiger partial charge on any atom is -0.244 e. The molecule has 1 rings (SSSR count). The first kappa shape index (κ1) is 10.9. The maximum Gasteiger partial charge on any atom is 0.115 e. The highest BCUT2D eigenvalue weighted by Gasteiger charge is 2.03. The van der Waals surface area contributed by atoms with Gasteiger partial charge in [0, 0.05) is 18.0 Å². The fraction of sp³-hybridized carbons (Fsp3) is 0.500. The first-order valence-electron chi connectivity index (χ1n) is 5.17. The summed E-state index contributed by atoms with van der Waals surface area (Å²) in [5, 5.41) is 0. The largest absolute Gasteiger partial charge is 0.244 e. The molecule has 0 aliphatic heterocycles. The molecule has 2 nitrogen and oxygen atoms in total. The van der Waals surface area contributed by atoms with Crippen molar-refractivity contribution in [2.24, 2.45) is 0 Å². The molecular formula is C12H18N2. The van der Waals surface area contributed by atoms with Crippen LogP contribution in [0.15, 0.2) is 24.3 Å². The van der Waals surface area contributed by atoms with Crippen LogP contribution in [0, 0.1) is 0 Å². The molecule has 0 saturated carbocycles. The van der Waals surface area contributed by atoms with Crippen LogP contribution in [-0.4, -0.2) is 9.97 Å². The summed E-state index contributed by atoms with van der Waals surface area (Å²) in [6, 6.07) is 0. The van der Waals surface area contributed by atoms with E-state index in [-0.39, 0.29) is 0 Å². The van der Waals surface area contributed by atoms with E-state index in [0.29, 0.717) is 0 Å². The molecular weight excluding hydrogens is 172 g/mol. The second-order valence-electron chi connectivity index (χ2n) is 3.71. The summed E-state index contributed by atoms with van der Waals surface area (Å²) in [5.41, 5.74) is 3.93. The van der Waals surface area contributed by atoms with Crippen molar-refractivity contribution in [3.8, 4) is 0 Å². The van der Waals surface area contributed by atoms with Crippen LogP contribution in [0.2, 0.25) is 0 Å². The summed E-state index contributed by atoms with van der Waals surface area (Å²) in [6.45, 7) is 6.51. The fourth-order valence-corrected chi connectivity index (χ4v) is 1.49. The third-order valence-corrected chi connectivity index (χ3v) is 2.29. The van der Waals surface area contributed by atoms with E-state index in [1.807, 2.05) is 12.4 Å². The maximum absolute atomic E-state index is 4.05. The van der Waals surface area contributed by atoms with Crippen molar-refractivity contribution in [3.05, 3.63) is 29.9 Å². The Hall–Kier alpha value is -1.18. The van der Waals surface area contributed by atoms with Crippen molar-refractivity contribution in [2.45, 2.75) is 40.0 Å². The lowest BCUT2D eigenvalue weighted by atomic mass is 9.99. The van der Waals surface area contributed by atoms with E-state index in [4.69, 9.17) is 0 Å². The quantitative estimate of drug-likeness (QED) is 0.726. The smallest absolute Gasteiger partial charge is 0.115 e. The Morgan fingerprint density at radius 1 is 1.21 bits per heavy atom. The van der Waals surface area contributed by atoms with Gasteiger partial charge in [-0.3, -0.25) is 0 Å². The molecule has 0 aliphatic rings. The van der Waals surface area contributed by atoms with Gasteiger partial charge in [0.05, 0.1) is 0 Å². The molecule has 0 amide bonds. The Balaban J connectivity index is 2.86. The highest BCUT2D eigenvalue weighted by Crippen LogP contribution is 2.22. The molecule has 0 aliphatic carbocycles. The molecule has 0 N–H and O–H groups in total. The molecule has 0 radical (unpaired) electrons. The molecule has 0 bridgehead atoms. The lowest BCUT2D eigenvalue weighted by molar-refractivity contribution is 0.820. The highest BCUT2D eigenvalue weighted by atomic mass is 14.8. The molecule has 1 aromatic heterocycles. The first-order chi connectivity index (χ1) is 6.75. The van der Waals surface area contributed by atoms with Crippen LogP contribution >= 0.6 is 0 Å². The predicted molar refractivity (Wildman–Crippen MR) is 59.8 cm³/mol. The molecule has 76 valence electrons. The molecule has 1 aromatic rings. The Morgan fingerprint density at radius 2 is 1.86 bits per heavy atom. The van der Waals surface area contributed by atoms with Crippen LogP contribution in [0.1, 0.15) is 45.6 Å². The lowest BCUT2D eigenvalue weighted by Gasteiger charge is -2.08. The van der Waals surface area contributed by atoms with Crippen LogP contribution in [0.3, 0.4) is 0 Å². The Morgan fingerprint density at radius 3 is 2.36 bits per heavy atom. The van der Waals surface area contributed by atoms with Crippen LogP contribution in [-0.2, 0) is 0 Å². The van der Waals surface area contributed by atoms with Gasteiger partial charge in [-0.15, -0.1) is 0 Å². The fourth-order valence-electron chi connectivity index (χ4n) is 1.49. The van der Waals surface area contributed by atoms with Gasteiger partial charge in [-0.2, -0.15) is 0 Å². The van der Waals surface area contributed by atoms with Gasteiger partial charge in [-0.25, -0.2) is 9.97 Å². The second kappa shape index (κ2) is 5.53. The van der Waals surface area contributed by atoms with Gasteiger partial charge in [-0.1, -0.05) is 18.9 Å². The first-order valence-corrected chi connectivity index (χ1v) is 5.17. The second-order valence-corrected chi connectivity index (χ2v) is 3.71. The molecule has 0 aromatic carbocycles. The Kier molecular flexibility index (Phi) is 4.30. The third-order valence-electron chi connectivity index (χ3n) is 2.29. The number of aromatic nitrogens is 2. The molecule has 0 fully saturated rings. The van der Waals surface area contributed by atoms with Crippen LogP contribution in [0.4, 0.5) is 0 Å². The third kappa shape index (κ3) is 2.95. The van der Waals surface area contributed by atoms with Crippen molar-refractivity contribution in [3.63, 3.8) is 0 Å². The Bertz CT molecular complexity index is 297. The van der Waals surface area contributed by atoms with Gasteiger partial charge >= 0.3 is 0 Å². The number of nitrogens with zero attached hydrogens (tertiary/aromatic N) is 2. The van der Waals surface area contributed by atoms with Gasteiger partial charge < -0.3 is 0 Å². The van der Waals surface area contributed by atoms with Gasteiger partial charge in [0.2, 0.25) is 0 Å². The molecule has 2 heteroatoms. The standard InChI is InChI=1S/C12H18N2/c1-4-5-6-12(10(2)3)11-7-13-9-14-8-11/h7-9H,4-6H2,1-3H3. The van der Waals surface area contributed by atoms with E-state index in [9.17, 15) is 0 Å². The number of hydrogen-bond donors (Lipinski definition) is 0. The van der Waals surface area contributed by atoms with Crippen LogP contribution < -0.4 is 0 Å². The zero-order chi connectivity index (χ0) is 10.4. The average molecular weight is 190 g/mol. The van der Waals surface area contributed by atoms with Crippen molar-refractivity contribution in [1.82, 2.24) is 9.97 Å². The van der Waals surface area contributed by atoms with Crippen molar-refractivity contribution < 1.29 is 0 Å². The topological polar surface area (TPSA) is 25.8 Å². The zero-order valence-electron chi connectivity index (χ0n) is 9.25. The molecule has 14 heavy (non-hydrogen) atoms. The number of rotatable bonds is 4. The summed E-state index contributed by atoms with van der Waals surface area (Å²) >= 11 is 0. The van der Waals surface area contributed by atoms with Gasteiger partial charge in [0.15, 0.2) is 0 Å². The Labute approximate surface area is 86.1 Å². The highest BCUT2D eigenvalue weighted by molar-refractivity contribution is 5.66. The van der Waals surface area contributed by atoms with E-state index in [1.165, 1.54) is 29.6 Å². The van der Waals surface area contributed by atoms with E-state index >= 15 is 0 Å². The molecule has 0 unspecified atom stereocenters. The van der Waals surface area contributed by atoms with Crippen molar-refractivity contribution in [2.75, 3.05) is 0 Å². The number of hydrogen-bond acceptors (Lipinski definition) is 2. The minimum atomic E-state index is 1.13. The summed E-state index contributed by atoms with van der Waals surface area (Å²) < 4.78 is 0. The van der Waals surface area contributed by atoms with E-state index in [2.05, 4.69) is 30.7 Å². The minimum absolute atomic E-state index is 1.13. The van der Waals surface area contributed by atoms with Gasteiger partial charge in [0.1, 0.15) is 6.33 Å². The summed E-state index contributed by atoms with van der Waals surface area (Å²) in [5.74, 6) is 0. The molecule has 0 atom stereocenters. The SMILES string of the molecule is CCCCC(=C(C)C)c1cncnc1. The number of unbranched alkanes of at least 4 members (excludes halogenated alkanes) is 1. The molecule has 0 spiro atoms. The van der Waals surface area contributed by atoms with Crippen LogP contribution in [0.5, 0.6) is 0 Å². The maximum atomic E-state index is 4.05. The van der Waals surface area contributed by atoms with E-state index in [0.717, 1.165) is 6.42 Å². The zero-order valence-corrected chi connectivity index (χ0v) is 9.25. The predicted octanol–water partition coefficient (Wildman–Crippen LogP) is 3.46. The number of allylic oxidation sites excluding steroid dienone is 2. The normalized spacial score (nSPS) is 9.93. The van der Waals surface area contributed by atoms with Gasteiger partial charge in [0.25, 0.3) is 0 Å².